The Morgan fingerprint density at radius 1 is 1.16 bits per heavy atom. The Kier molecular flexibility index (Phi) is 6.17. The van der Waals surface area contributed by atoms with Crippen LogP contribution in [-0.2, 0) is 19.8 Å². The van der Waals surface area contributed by atoms with Crippen molar-refractivity contribution in [2.45, 2.75) is 24.7 Å². The average molecular weight is 513 g/mol. The van der Waals surface area contributed by atoms with Crippen LogP contribution in [0.3, 0.4) is 0 Å². The van der Waals surface area contributed by atoms with Gasteiger partial charge in [0.1, 0.15) is 29.6 Å². The minimum absolute atomic E-state index is 0.0179. The first-order valence-corrected chi connectivity index (χ1v) is 12.3. The van der Waals surface area contributed by atoms with Gasteiger partial charge >= 0.3 is 0 Å². The van der Waals surface area contributed by atoms with Gasteiger partial charge in [0.25, 0.3) is 0 Å². The quantitative estimate of drug-likeness (QED) is 0.624. The lowest BCUT2D eigenvalue weighted by Crippen LogP contribution is -2.55. The van der Waals surface area contributed by atoms with Crippen LogP contribution in [0.15, 0.2) is 71.2 Å². The van der Waals surface area contributed by atoms with Crippen LogP contribution in [-0.4, -0.2) is 55.4 Å². The summed E-state index contributed by atoms with van der Waals surface area (Å²) in [5.41, 5.74) is 7.19. The van der Waals surface area contributed by atoms with Gasteiger partial charge in [0.15, 0.2) is 5.78 Å². The van der Waals surface area contributed by atoms with E-state index in [1.54, 1.807) is 79.8 Å². The van der Waals surface area contributed by atoms with Gasteiger partial charge in [-0.1, -0.05) is 18.2 Å². The van der Waals surface area contributed by atoms with E-state index in [9.17, 15) is 19.6 Å². The lowest BCUT2D eigenvalue weighted by Gasteiger charge is -2.45. The molecule has 2 aromatic carbocycles. The molecule has 0 saturated heterocycles. The number of rotatable bonds is 5. The van der Waals surface area contributed by atoms with Crippen LogP contribution < -0.4 is 20.7 Å². The fourth-order valence-corrected chi connectivity index (χ4v) is 5.74. The number of nitrogens with two attached hydrogens (primary N) is 1. The van der Waals surface area contributed by atoms with Gasteiger partial charge in [0, 0.05) is 48.7 Å². The molecule has 2 amide bonds. The van der Waals surface area contributed by atoms with Gasteiger partial charge in [-0.15, -0.1) is 0 Å². The highest BCUT2D eigenvalue weighted by molar-refractivity contribution is 6.21. The number of nitriles is 1. The van der Waals surface area contributed by atoms with E-state index in [-0.39, 0.29) is 35.7 Å². The summed E-state index contributed by atoms with van der Waals surface area (Å²) in [6.45, 7) is -0.309. The molecule has 1 atom stereocenters. The van der Waals surface area contributed by atoms with Crippen LogP contribution in [0.2, 0.25) is 0 Å². The molecule has 0 aromatic heterocycles. The van der Waals surface area contributed by atoms with Crippen molar-refractivity contribution < 1.29 is 19.1 Å². The van der Waals surface area contributed by atoms with Crippen LogP contribution in [0.4, 0.5) is 11.4 Å². The molecule has 38 heavy (non-hydrogen) atoms. The number of benzene rings is 2. The lowest BCUT2D eigenvalue weighted by atomic mass is 9.64. The van der Waals surface area contributed by atoms with Gasteiger partial charge in [0.2, 0.25) is 11.8 Å². The smallest absolute Gasteiger partial charge is 0.248 e. The number of carbonyl (C=O) groups excluding carboxylic acids is 3. The third kappa shape index (κ3) is 3.55. The molecule has 2 aromatic rings. The van der Waals surface area contributed by atoms with Gasteiger partial charge in [-0.3, -0.25) is 19.4 Å². The zero-order chi connectivity index (χ0) is 27.2. The van der Waals surface area contributed by atoms with Crippen LogP contribution in [0.1, 0.15) is 24.8 Å². The number of amides is 2. The number of allylic oxidation sites excluding steroid dienone is 1. The minimum Gasteiger partial charge on any atom is -0.497 e. The maximum absolute atomic E-state index is 14.5. The molecule has 2 aliphatic heterocycles. The molecule has 3 N–H and O–H groups in total. The van der Waals surface area contributed by atoms with Crippen molar-refractivity contribution in [1.29, 1.82) is 5.26 Å². The van der Waals surface area contributed by atoms with E-state index in [1.807, 2.05) is 0 Å². The third-order valence-electron chi connectivity index (χ3n) is 7.23. The zero-order valence-electron chi connectivity index (χ0n) is 21.4. The summed E-state index contributed by atoms with van der Waals surface area (Å²) >= 11 is 0. The maximum Gasteiger partial charge on any atom is 0.248 e. The second kappa shape index (κ2) is 9.36. The molecule has 0 bridgehead atoms. The predicted octanol–water partition coefficient (Wildman–Crippen LogP) is 2.41. The van der Waals surface area contributed by atoms with E-state index in [4.69, 9.17) is 10.5 Å². The normalized spacial score (nSPS) is 20.6. The van der Waals surface area contributed by atoms with Crippen molar-refractivity contribution in [3.8, 4) is 11.8 Å². The fourth-order valence-electron chi connectivity index (χ4n) is 5.74. The van der Waals surface area contributed by atoms with E-state index in [2.05, 4.69) is 11.4 Å². The molecular weight excluding hydrogens is 484 g/mol. The van der Waals surface area contributed by atoms with Gasteiger partial charge in [0.05, 0.1) is 12.7 Å². The Morgan fingerprint density at radius 3 is 2.53 bits per heavy atom. The monoisotopic (exact) mass is 512 g/mol. The minimum atomic E-state index is -1.71. The van der Waals surface area contributed by atoms with Gasteiger partial charge in [-0.05, 0) is 43.2 Å². The Labute approximate surface area is 220 Å². The summed E-state index contributed by atoms with van der Waals surface area (Å²) in [7, 11) is 5.09. The molecule has 10 nitrogen and oxygen atoms in total. The summed E-state index contributed by atoms with van der Waals surface area (Å²) in [5.74, 6) is -0.429. The highest BCUT2D eigenvalue weighted by Crippen LogP contribution is 2.56. The van der Waals surface area contributed by atoms with E-state index in [0.717, 1.165) is 0 Å². The molecule has 1 spiro atoms. The molecule has 0 radical (unpaired) electrons. The number of Topliss-reactive ketones (excluding diaryl/α,β-unsaturated/α-hetero) is 1. The molecule has 0 unspecified atom stereocenters. The van der Waals surface area contributed by atoms with Crippen LogP contribution in [0.5, 0.6) is 5.75 Å². The summed E-state index contributed by atoms with van der Waals surface area (Å²) in [4.78, 5) is 42.5. The van der Waals surface area contributed by atoms with Crippen molar-refractivity contribution in [3.05, 3.63) is 76.8 Å². The number of ether oxygens (including phenoxy) is 1. The third-order valence-corrected chi connectivity index (χ3v) is 7.23. The van der Waals surface area contributed by atoms with Gasteiger partial charge < -0.3 is 20.7 Å². The van der Waals surface area contributed by atoms with Crippen LogP contribution in [0.25, 0.3) is 0 Å². The fraction of sp³-hybridized carbons (Fsp3) is 0.286. The standard InChI is InChI=1S/C28H28N6O4/c1-32(2)34-22-9-6-10-23(35)25(22)28(20(15-29)26(34)30)19-7-4-5-8-21(19)33(27(28)37)16-24(36)31-17-11-13-18(38-3)14-12-17/h4-5,7-8,11-14H,6,9-10,16,30H2,1-3H3,(H,31,36)/t28-/m1/s1. The predicted molar refractivity (Wildman–Crippen MR) is 140 cm³/mol. The number of carbonyl (C=O) groups is 3. The second-order valence-electron chi connectivity index (χ2n) is 9.56. The number of nitrogens with one attached hydrogen (secondary N) is 1. The van der Waals surface area contributed by atoms with Crippen molar-refractivity contribution >= 4 is 29.0 Å². The molecule has 3 aliphatic rings. The zero-order valence-corrected chi connectivity index (χ0v) is 21.4. The number of hydrogen-bond acceptors (Lipinski definition) is 8. The Morgan fingerprint density at radius 2 is 1.87 bits per heavy atom. The number of para-hydroxylation sites is 1. The van der Waals surface area contributed by atoms with E-state index in [1.165, 1.54) is 4.90 Å². The van der Waals surface area contributed by atoms with Crippen LogP contribution >= 0.6 is 0 Å². The first-order chi connectivity index (χ1) is 18.2. The summed E-state index contributed by atoms with van der Waals surface area (Å²) in [6, 6.07) is 16.0. The summed E-state index contributed by atoms with van der Waals surface area (Å²) in [5, 5.41) is 16.5. The van der Waals surface area contributed by atoms with Gasteiger partial charge in [-0.25, -0.2) is 5.01 Å². The van der Waals surface area contributed by atoms with Crippen molar-refractivity contribution in [3.63, 3.8) is 0 Å². The second-order valence-corrected chi connectivity index (χ2v) is 9.56. The largest absolute Gasteiger partial charge is 0.497 e. The van der Waals surface area contributed by atoms with Gasteiger partial charge in [-0.2, -0.15) is 5.26 Å². The number of fused-ring (bicyclic) bond motifs is 3. The molecule has 10 heteroatoms. The maximum atomic E-state index is 14.5. The van der Waals surface area contributed by atoms with E-state index in [0.29, 0.717) is 41.2 Å². The number of hydrogen-bond donors (Lipinski definition) is 2. The Bertz CT molecular complexity index is 1450. The first-order valence-electron chi connectivity index (χ1n) is 12.3. The molecule has 2 heterocycles. The highest BCUT2D eigenvalue weighted by Gasteiger charge is 2.62. The number of anilines is 2. The Balaban J connectivity index is 1.63. The first kappa shape index (κ1) is 25.0. The summed E-state index contributed by atoms with van der Waals surface area (Å²) < 4.78 is 5.16. The average Bonchev–Trinajstić information content (AvgIpc) is 3.13. The van der Waals surface area contributed by atoms with Crippen molar-refractivity contribution in [2.24, 2.45) is 5.73 Å². The van der Waals surface area contributed by atoms with Crippen LogP contribution in [0, 0.1) is 11.3 Å². The number of methoxy groups -OCH3 is 1. The molecule has 0 saturated carbocycles. The van der Waals surface area contributed by atoms with E-state index >= 15 is 0 Å². The molecule has 194 valence electrons. The molecule has 1 aliphatic carbocycles. The van der Waals surface area contributed by atoms with Crippen molar-refractivity contribution in [2.75, 3.05) is 38.0 Å². The Hall–Kier alpha value is -4.62. The number of nitrogens with zero attached hydrogens (tertiary/aromatic N) is 4. The lowest BCUT2D eigenvalue weighted by molar-refractivity contribution is -0.125. The highest BCUT2D eigenvalue weighted by atomic mass is 16.5. The molecule has 5 rings (SSSR count). The SMILES string of the molecule is COc1ccc(NC(=O)CN2C(=O)[C@@]3(C(C#N)=C(N)N(N(C)C)C4=C3C(=O)CCC4)c3ccccc32)cc1. The van der Waals surface area contributed by atoms with Crippen molar-refractivity contribution in [1.82, 2.24) is 10.0 Å². The van der Waals surface area contributed by atoms with E-state index < -0.39 is 17.2 Å². The topological polar surface area (TPSA) is 132 Å². The molecular formula is C28H28N6O4. The number of hydrazine groups is 1. The summed E-state index contributed by atoms with van der Waals surface area (Å²) in [6.07, 6.45) is 1.39. The number of ketones is 1. The molecule has 0 fully saturated rings.